The summed E-state index contributed by atoms with van der Waals surface area (Å²) in [7, 11) is 3.23. The Morgan fingerprint density at radius 3 is 2.16 bits per heavy atom. The molecule has 3 aromatic rings. The third-order valence-corrected chi connectivity index (χ3v) is 3.81. The van der Waals surface area contributed by atoms with Gasteiger partial charge in [0.2, 0.25) is 0 Å². The molecule has 1 heterocycles. The summed E-state index contributed by atoms with van der Waals surface area (Å²) in [6.45, 7) is 0.499. The first kappa shape index (κ1) is 16.6. The van der Waals surface area contributed by atoms with Gasteiger partial charge in [-0.05, 0) is 42.0 Å². The smallest absolute Gasteiger partial charge is 0.297 e. The Hall–Kier alpha value is -3.28. The van der Waals surface area contributed by atoms with Crippen LogP contribution < -0.4 is 20.3 Å². The molecule has 128 valence electrons. The molecule has 0 aliphatic heterocycles. The van der Waals surface area contributed by atoms with Crippen LogP contribution in [0.1, 0.15) is 5.56 Å². The number of nitrogens with zero attached hydrogens (tertiary/aromatic N) is 2. The normalized spacial score (nSPS) is 10.3. The summed E-state index contributed by atoms with van der Waals surface area (Å²) in [6, 6.07) is 14.9. The fraction of sp³-hybridized carbons (Fsp3) is 0.158. The van der Waals surface area contributed by atoms with Gasteiger partial charge in [0.15, 0.2) is 5.82 Å². The van der Waals surface area contributed by atoms with Crippen molar-refractivity contribution >= 4 is 5.82 Å². The predicted molar refractivity (Wildman–Crippen MR) is 96.7 cm³/mol. The lowest BCUT2D eigenvalue weighted by atomic mass is 10.2. The molecule has 0 spiro atoms. The van der Waals surface area contributed by atoms with E-state index in [-0.39, 0.29) is 5.56 Å². The van der Waals surface area contributed by atoms with Gasteiger partial charge in [-0.25, -0.2) is 4.98 Å². The van der Waals surface area contributed by atoms with Crippen molar-refractivity contribution in [1.82, 2.24) is 9.55 Å². The van der Waals surface area contributed by atoms with Crippen LogP contribution in [0.25, 0.3) is 5.69 Å². The SMILES string of the molecule is COc1ccc(CNc2nccn(-c3ccc(OC)cc3)c2=O)cc1. The molecule has 6 nitrogen and oxygen atoms in total. The molecule has 0 bridgehead atoms. The van der Waals surface area contributed by atoms with Gasteiger partial charge >= 0.3 is 0 Å². The topological polar surface area (TPSA) is 65.4 Å². The Morgan fingerprint density at radius 1 is 0.960 bits per heavy atom. The lowest BCUT2D eigenvalue weighted by molar-refractivity contribution is 0.414. The highest BCUT2D eigenvalue weighted by Gasteiger charge is 2.07. The number of methoxy groups -OCH3 is 2. The van der Waals surface area contributed by atoms with Crippen LogP contribution in [0.3, 0.4) is 0 Å². The minimum atomic E-state index is -0.207. The van der Waals surface area contributed by atoms with Gasteiger partial charge in [0.1, 0.15) is 11.5 Å². The van der Waals surface area contributed by atoms with E-state index in [0.717, 1.165) is 22.7 Å². The summed E-state index contributed by atoms with van der Waals surface area (Å²) >= 11 is 0. The zero-order valence-corrected chi connectivity index (χ0v) is 14.1. The van der Waals surface area contributed by atoms with E-state index in [1.807, 2.05) is 48.5 Å². The molecule has 3 rings (SSSR count). The van der Waals surface area contributed by atoms with Crippen molar-refractivity contribution in [3.63, 3.8) is 0 Å². The third kappa shape index (κ3) is 3.80. The summed E-state index contributed by atoms with van der Waals surface area (Å²) < 4.78 is 11.8. The minimum Gasteiger partial charge on any atom is -0.497 e. The van der Waals surface area contributed by atoms with Crippen LogP contribution in [0, 0.1) is 0 Å². The number of hydrogen-bond acceptors (Lipinski definition) is 5. The zero-order chi connectivity index (χ0) is 17.6. The van der Waals surface area contributed by atoms with Gasteiger partial charge in [-0.3, -0.25) is 9.36 Å². The molecule has 1 N–H and O–H groups in total. The monoisotopic (exact) mass is 337 g/mol. The van der Waals surface area contributed by atoms with Crippen molar-refractivity contribution < 1.29 is 9.47 Å². The number of rotatable bonds is 6. The summed E-state index contributed by atoms with van der Waals surface area (Å²) in [5, 5.41) is 3.09. The summed E-state index contributed by atoms with van der Waals surface area (Å²) in [5.41, 5.74) is 1.57. The van der Waals surface area contributed by atoms with Crippen molar-refractivity contribution in [3.8, 4) is 17.2 Å². The number of nitrogens with one attached hydrogen (secondary N) is 1. The van der Waals surface area contributed by atoms with Gasteiger partial charge in [0.25, 0.3) is 5.56 Å². The maximum absolute atomic E-state index is 12.6. The summed E-state index contributed by atoms with van der Waals surface area (Å²) in [4.78, 5) is 16.8. The van der Waals surface area contributed by atoms with Crippen molar-refractivity contribution in [1.29, 1.82) is 0 Å². The molecule has 0 saturated carbocycles. The van der Waals surface area contributed by atoms with Crippen LogP contribution in [-0.4, -0.2) is 23.8 Å². The lowest BCUT2D eigenvalue weighted by Crippen LogP contribution is -2.23. The highest BCUT2D eigenvalue weighted by molar-refractivity contribution is 5.41. The van der Waals surface area contributed by atoms with E-state index >= 15 is 0 Å². The van der Waals surface area contributed by atoms with Crippen molar-refractivity contribution in [2.24, 2.45) is 0 Å². The first-order chi connectivity index (χ1) is 12.2. The summed E-state index contributed by atoms with van der Waals surface area (Å²) in [5.74, 6) is 1.83. The van der Waals surface area contributed by atoms with Gasteiger partial charge in [0, 0.05) is 24.6 Å². The van der Waals surface area contributed by atoms with E-state index in [2.05, 4.69) is 10.3 Å². The second-order valence-electron chi connectivity index (χ2n) is 5.35. The number of aromatic nitrogens is 2. The van der Waals surface area contributed by atoms with Gasteiger partial charge in [-0.1, -0.05) is 12.1 Å². The first-order valence-electron chi connectivity index (χ1n) is 7.80. The molecule has 25 heavy (non-hydrogen) atoms. The van der Waals surface area contributed by atoms with E-state index in [1.54, 1.807) is 31.2 Å². The average molecular weight is 337 g/mol. The maximum Gasteiger partial charge on any atom is 0.297 e. The largest absolute Gasteiger partial charge is 0.497 e. The van der Waals surface area contributed by atoms with E-state index in [9.17, 15) is 4.79 Å². The van der Waals surface area contributed by atoms with Crippen LogP contribution >= 0.6 is 0 Å². The summed E-state index contributed by atoms with van der Waals surface area (Å²) in [6.07, 6.45) is 3.24. The van der Waals surface area contributed by atoms with Crippen LogP contribution in [0.5, 0.6) is 11.5 Å². The average Bonchev–Trinajstić information content (AvgIpc) is 2.68. The number of hydrogen-bond donors (Lipinski definition) is 1. The molecule has 0 atom stereocenters. The fourth-order valence-corrected chi connectivity index (χ4v) is 2.41. The first-order valence-corrected chi connectivity index (χ1v) is 7.80. The molecular formula is C19H19N3O3. The van der Waals surface area contributed by atoms with Gasteiger partial charge in [0.05, 0.1) is 14.2 Å². The molecule has 0 fully saturated rings. The number of anilines is 1. The lowest BCUT2D eigenvalue weighted by Gasteiger charge is -2.10. The van der Waals surface area contributed by atoms with E-state index in [0.29, 0.717) is 12.4 Å². The molecular weight excluding hydrogens is 318 g/mol. The Morgan fingerprint density at radius 2 is 1.56 bits per heavy atom. The standard InChI is InChI=1S/C19H19N3O3/c1-24-16-7-3-14(4-8-16)13-21-18-19(23)22(12-11-20-18)15-5-9-17(25-2)10-6-15/h3-12H,13H2,1-2H3,(H,20,21). The van der Waals surface area contributed by atoms with Crippen LogP contribution in [-0.2, 0) is 6.54 Å². The molecule has 0 radical (unpaired) electrons. The number of benzene rings is 2. The Balaban J connectivity index is 1.79. The molecule has 0 amide bonds. The minimum absolute atomic E-state index is 0.207. The van der Waals surface area contributed by atoms with E-state index in [4.69, 9.17) is 9.47 Å². The van der Waals surface area contributed by atoms with Gasteiger partial charge < -0.3 is 14.8 Å². The van der Waals surface area contributed by atoms with Crippen molar-refractivity contribution in [2.75, 3.05) is 19.5 Å². The van der Waals surface area contributed by atoms with Crippen LogP contribution in [0.15, 0.2) is 65.7 Å². The molecule has 0 aliphatic carbocycles. The Bertz CT molecular complexity index is 887. The third-order valence-electron chi connectivity index (χ3n) is 3.81. The van der Waals surface area contributed by atoms with Crippen LogP contribution in [0.4, 0.5) is 5.82 Å². The molecule has 6 heteroatoms. The van der Waals surface area contributed by atoms with Crippen molar-refractivity contribution in [3.05, 3.63) is 76.8 Å². The number of ether oxygens (including phenoxy) is 2. The highest BCUT2D eigenvalue weighted by atomic mass is 16.5. The molecule has 0 unspecified atom stereocenters. The second-order valence-corrected chi connectivity index (χ2v) is 5.35. The van der Waals surface area contributed by atoms with Crippen molar-refractivity contribution in [2.45, 2.75) is 6.54 Å². The van der Waals surface area contributed by atoms with Gasteiger partial charge in [-0.15, -0.1) is 0 Å². The quantitative estimate of drug-likeness (QED) is 0.749. The zero-order valence-electron chi connectivity index (χ0n) is 14.1. The second kappa shape index (κ2) is 7.53. The fourth-order valence-electron chi connectivity index (χ4n) is 2.41. The molecule has 2 aromatic carbocycles. The molecule has 1 aromatic heterocycles. The predicted octanol–water partition coefficient (Wildman–Crippen LogP) is 2.86. The van der Waals surface area contributed by atoms with E-state index in [1.165, 1.54) is 0 Å². The van der Waals surface area contributed by atoms with Crippen LogP contribution in [0.2, 0.25) is 0 Å². The highest BCUT2D eigenvalue weighted by Crippen LogP contribution is 2.14. The molecule has 0 aliphatic rings. The Kier molecular flexibility index (Phi) is 4.99. The maximum atomic E-state index is 12.6. The van der Waals surface area contributed by atoms with E-state index < -0.39 is 0 Å². The Labute approximate surface area is 145 Å². The van der Waals surface area contributed by atoms with Gasteiger partial charge in [-0.2, -0.15) is 0 Å². The molecule has 0 saturated heterocycles.